The summed E-state index contributed by atoms with van der Waals surface area (Å²) in [6.07, 6.45) is 2.99. The summed E-state index contributed by atoms with van der Waals surface area (Å²) in [7, 11) is -5.74. The highest BCUT2D eigenvalue weighted by molar-refractivity contribution is 7.86. The van der Waals surface area contributed by atoms with Gasteiger partial charge in [-0.3, -0.25) is 4.47 Å². The molecule has 0 spiro atoms. The number of rotatable bonds is 7. The van der Waals surface area contributed by atoms with Gasteiger partial charge in [0, 0.05) is 12.0 Å². The van der Waals surface area contributed by atoms with Gasteiger partial charge in [0.05, 0.1) is 13.2 Å². The van der Waals surface area contributed by atoms with Crippen LogP contribution < -0.4 is 4.47 Å². The first-order valence-electron chi connectivity index (χ1n) is 7.62. The summed E-state index contributed by atoms with van der Waals surface area (Å²) in [5, 5.41) is 11.3. The lowest BCUT2D eigenvalue weighted by atomic mass is 9.80. The van der Waals surface area contributed by atoms with Gasteiger partial charge in [-0.05, 0) is 31.6 Å². The minimum Gasteiger partial charge on any atom is -0.618 e. The first-order valence-corrected chi connectivity index (χ1v) is 9.10. The first kappa shape index (κ1) is 20.9. The molecular formula is C14H22F3NO5S. The standard InChI is InChI=1S/C14H22F3NO5S/c1-10(2)13(19)23-9-12-5-3-4-11(8-12)6-7-18(20)24(21,22)14(15,16)17/h11-12,18H,1,3-9H2,2H3. The normalized spacial score (nSPS) is 23.5. The molecule has 1 N–H and O–H groups in total. The molecule has 0 aliphatic heterocycles. The number of halogens is 3. The maximum Gasteiger partial charge on any atom is 0.549 e. The number of sulfonamides is 1. The fraction of sp³-hybridized carbons (Fsp3) is 0.786. The van der Waals surface area contributed by atoms with Gasteiger partial charge in [0.2, 0.25) is 0 Å². The van der Waals surface area contributed by atoms with E-state index in [-0.39, 0.29) is 30.4 Å². The van der Waals surface area contributed by atoms with Gasteiger partial charge in [-0.15, -0.1) is 0 Å². The van der Waals surface area contributed by atoms with Crippen molar-refractivity contribution >= 4 is 16.0 Å². The van der Waals surface area contributed by atoms with Crippen LogP contribution in [0.2, 0.25) is 0 Å². The van der Waals surface area contributed by atoms with Crippen LogP contribution in [0.5, 0.6) is 0 Å². The second-order valence-corrected chi connectivity index (χ2v) is 8.06. The number of alkyl halides is 3. The zero-order chi connectivity index (χ0) is 18.5. The number of hydroxylamine groups is 1. The second-order valence-electron chi connectivity index (χ2n) is 6.14. The van der Waals surface area contributed by atoms with Gasteiger partial charge in [-0.2, -0.15) is 21.6 Å². The van der Waals surface area contributed by atoms with Crippen LogP contribution in [0.4, 0.5) is 13.2 Å². The summed E-state index contributed by atoms with van der Waals surface area (Å²) in [6.45, 7) is 4.53. The Balaban J connectivity index is 2.46. The molecule has 1 fully saturated rings. The molecule has 1 aliphatic rings. The number of hydrogen-bond donors (Lipinski definition) is 1. The molecule has 0 amide bonds. The highest BCUT2D eigenvalue weighted by Gasteiger charge is 2.51. The summed E-state index contributed by atoms with van der Waals surface area (Å²) >= 11 is 0. The lowest BCUT2D eigenvalue weighted by molar-refractivity contribution is -0.712. The molecule has 0 saturated heterocycles. The Hall–Kier alpha value is -1.13. The highest BCUT2D eigenvalue weighted by atomic mass is 32.2. The van der Waals surface area contributed by atoms with E-state index in [0.29, 0.717) is 12.8 Å². The Kier molecular flexibility index (Phi) is 7.24. The predicted octanol–water partition coefficient (Wildman–Crippen LogP) is 1.53. The van der Waals surface area contributed by atoms with E-state index in [2.05, 4.69) is 6.58 Å². The van der Waals surface area contributed by atoms with Crippen molar-refractivity contribution in [3.05, 3.63) is 17.4 Å². The van der Waals surface area contributed by atoms with E-state index in [1.54, 1.807) is 0 Å². The van der Waals surface area contributed by atoms with Crippen molar-refractivity contribution in [2.75, 3.05) is 13.2 Å². The van der Waals surface area contributed by atoms with Crippen molar-refractivity contribution in [1.82, 2.24) is 0 Å². The molecule has 24 heavy (non-hydrogen) atoms. The Morgan fingerprint density at radius 3 is 2.46 bits per heavy atom. The van der Waals surface area contributed by atoms with E-state index in [1.807, 2.05) is 0 Å². The summed E-state index contributed by atoms with van der Waals surface area (Å²) in [4.78, 5) is 11.3. The van der Waals surface area contributed by atoms with E-state index in [0.717, 1.165) is 12.8 Å². The van der Waals surface area contributed by atoms with E-state index in [1.165, 1.54) is 6.92 Å². The molecule has 10 heteroatoms. The quantitative estimate of drug-likeness (QED) is 0.415. The van der Waals surface area contributed by atoms with Crippen molar-refractivity contribution < 1.29 is 35.6 Å². The third kappa shape index (κ3) is 5.75. The number of esters is 1. The van der Waals surface area contributed by atoms with Gasteiger partial charge in [-0.25, -0.2) is 4.79 Å². The zero-order valence-corrected chi connectivity index (χ0v) is 14.2. The maximum atomic E-state index is 12.3. The average molecular weight is 373 g/mol. The highest BCUT2D eigenvalue weighted by Crippen LogP contribution is 2.31. The van der Waals surface area contributed by atoms with Gasteiger partial charge in [0.15, 0.2) is 0 Å². The number of carbonyl (C=O) groups is 1. The van der Waals surface area contributed by atoms with Crippen molar-refractivity contribution in [3.63, 3.8) is 0 Å². The number of carbonyl (C=O) groups excluding carboxylic acids is 1. The topological polar surface area (TPSA) is 87.9 Å². The fourth-order valence-corrected chi connectivity index (χ4v) is 3.36. The first-order chi connectivity index (χ1) is 10.9. The van der Waals surface area contributed by atoms with Crippen LogP contribution in [-0.4, -0.2) is 33.0 Å². The monoisotopic (exact) mass is 373 g/mol. The molecule has 1 saturated carbocycles. The van der Waals surface area contributed by atoms with E-state index < -0.39 is 32.5 Å². The van der Waals surface area contributed by atoms with Crippen molar-refractivity contribution in [3.8, 4) is 0 Å². The van der Waals surface area contributed by atoms with Crippen LogP contribution in [0.1, 0.15) is 39.0 Å². The minimum atomic E-state index is -5.74. The molecule has 0 radical (unpaired) electrons. The molecule has 0 aromatic carbocycles. The molecule has 3 unspecified atom stereocenters. The van der Waals surface area contributed by atoms with Crippen LogP contribution >= 0.6 is 0 Å². The van der Waals surface area contributed by atoms with Crippen molar-refractivity contribution in [2.45, 2.75) is 44.5 Å². The molecule has 0 heterocycles. The molecule has 1 aliphatic carbocycles. The largest absolute Gasteiger partial charge is 0.618 e. The molecule has 6 nitrogen and oxygen atoms in total. The van der Waals surface area contributed by atoms with Gasteiger partial charge < -0.3 is 9.94 Å². The third-order valence-electron chi connectivity index (χ3n) is 4.05. The molecule has 0 aromatic heterocycles. The van der Waals surface area contributed by atoms with Crippen molar-refractivity contribution in [1.29, 1.82) is 0 Å². The zero-order valence-electron chi connectivity index (χ0n) is 13.4. The Labute approximate surface area is 139 Å². The van der Waals surface area contributed by atoms with Gasteiger partial charge in [0.1, 0.15) is 0 Å². The number of nitrogens with one attached hydrogen (secondary N) is 1. The van der Waals surface area contributed by atoms with Crippen LogP contribution in [0.15, 0.2) is 12.2 Å². The van der Waals surface area contributed by atoms with E-state index in [9.17, 15) is 31.6 Å². The van der Waals surface area contributed by atoms with Gasteiger partial charge >= 0.3 is 21.5 Å². The second kappa shape index (κ2) is 8.30. The molecule has 3 atom stereocenters. The van der Waals surface area contributed by atoms with Crippen LogP contribution in [0.3, 0.4) is 0 Å². The number of quaternary nitrogens is 1. The third-order valence-corrected chi connectivity index (χ3v) is 5.46. The van der Waals surface area contributed by atoms with Crippen LogP contribution in [0, 0.1) is 17.0 Å². The molecule has 0 aromatic rings. The average Bonchev–Trinajstić information content (AvgIpc) is 2.49. The van der Waals surface area contributed by atoms with E-state index in [4.69, 9.17) is 4.74 Å². The number of hydrogen-bond acceptors (Lipinski definition) is 5. The Morgan fingerprint density at radius 2 is 1.92 bits per heavy atom. The number of ether oxygens (including phenoxy) is 1. The van der Waals surface area contributed by atoms with Gasteiger partial charge in [0.25, 0.3) is 0 Å². The molecule has 140 valence electrons. The molecule has 0 bridgehead atoms. The summed E-state index contributed by atoms with van der Waals surface area (Å²) < 4.78 is 62.1. The predicted molar refractivity (Wildman–Crippen MR) is 80.0 cm³/mol. The van der Waals surface area contributed by atoms with Crippen LogP contribution in [-0.2, 0) is 19.6 Å². The Bertz CT molecular complexity index is 561. The smallest absolute Gasteiger partial charge is 0.549 e. The maximum absolute atomic E-state index is 12.3. The minimum absolute atomic E-state index is 0.0559. The lowest BCUT2D eigenvalue weighted by Crippen LogP contribution is -3.10. The molecule has 1 rings (SSSR count). The lowest BCUT2D eigenvalue weighted by Gasteiger charge is -2.30. The summed E-state index contributed by atoms with van der Waals surface area (Å²) in [6, 6.07) is 0. The van der Waals surface area contributed by atoms with Crippen molar-refractivity contribution in [2.24, 2.45) is 11.8 Å². The molecular weight excluding hydrogens is 351 g/mol. The fourth-order valence-electron chi connectivity index (χ4n) is 2.72. The SMILES string of the molecule is C=C(C)C(=O)OCC1CCCC(CC[NH+]([O-])S(=O)(=O)C(F)(F)F)C1. The van der Waals surface area contributed by atoms with Gasteiger partial charge in [-0.1, -0.05) is 19.4 Å². The summed E-state index contributed by atoms with van der Waals surface area (Å²) in [5.74, 6) is -0.496. The van der Waals surface area contributed by atoms with Crippen LogP contribution in [0.25, 0.3) is 0 Å². The Morgan fingerprint density at radius 1 is 1.33 bits per heavy atom. The van der Waals surface area contributed by atoms with E-state index >= 15 is 0 Å². The summed E-state index contributed by atoms with van der Waals surface area (Å²) in [5.41, 5.74) is -5.26.